The molecule has 5 heteroatoms. The molecule has 2 N–H and O–H groups in total. The normalized spacial score (nSPS) is 12.1. The lowest BCUT2D eigenvalue weighted by atomic mass is 9.81. The van der Waals surface area contributed by atoms with Crippen molar-refractivity contribution in [1.29, 1.82) is 0 Å². The molecule has 0 atom stereocenters. The van der Waals surface area contributed by atoms with Gasteiger partial charge in [-0.05, 0) is 85.3 Å². The van der Waals surface area contributed by atoms with Crippen LogP contribution in [0.3, 0.4) is 0 Å². The summed E-state index contributed by atoms with van der Waals surface area (Å²) >= 11 is 0. The van der Waals surface area contributed by atoms with E-state index in [1.165, 1.54) is 41.5 Å². The van der Waals surface area contributed by atoms with E-state index in [2.05, 4.69) is 88.5 Å². The van der Waals surface area contributed by atoms with E-state index >= 15 is 0 Å². The highest BCUT2D eigenvalue weighted by Crippen LogP contribution is 2.30. The van der Waals surface area contributed by atoms with Gasteiger partial charge in [0, 0.05) is 17.6 Å². The van der Waals surface area contributed by atoms with E-state index in [1.807, 2.05) is 6.08 Å². The number of ether oxygens (including phenoxy) is 2. The van der Waals surface area contributed by atoms with Crippen molar-refractivity contribution in [3.8, 4) is 11.1 Å². The topological polar surface area (TPSA) is 76.0 Å². The zero-order chi connectivity index (χ0) is 34.5. The number of benzene rings is 2. The van der Waals surface area contributed by atoms with Crippen LogP contribution in [0.15, 0.2) is 85.0 Å². The molecule has 2 rings (SSSR count). The van der Waals surface area contributed by atoms with E-state index in [0.29, 0.717) is 44.7 Å². The van der Waals surface area contributed by atoms with Crippen LogP contribution in [0.25, 0.3) is 16.7 Å². The average Bonchev–Trinajstić information content (AvgIpc) is 3.09. The first-order valence-corrected chi connectivity index (χ1v) is 17.6. The number of hydrogen-bond donors (Lipinski definition) is 2. The zero-order valence-electron chi connectivity index (χ0n) is 29.6. The number of carbonyl (C=O) groups excluding carboxylic acids is 1. The van der Waals surface area contributed by atoms with Gasteiger partial charge in [-0.3, -0.25) is 0 Å². The first-order chi connectivity index (χ1) is 22.7. The van der Waals surface area contributed by atoms with Gasteiger partial charge in [-0.15, -0.1) is 0 Å². The summed E-state index contributed by atoms with van der Waals surface area (Å²) in [6.07, 6.45) is 16.7. The van der Waals surface area contributed by atoms with Gasteiger partial charge in [-0.25, -0.2) is 4.79 Å². The zero-order valence-corrected chi connectivity index (χ0v) is 29.6. The predicted molar refractivity (Wildman–Crippen MR) is 197 cm³/mol. The molecular formula is C42H60O5. The Bertz CT molecular complexity index is 1300. The van der Waals surface area contributed by atoms with E-state index in [9.17, 15) is 15.0 Å². The van der Waals surface area contributed by atoms with E-state index in [0.717, 1.165) is 48.8 Å². The molecule has 2 aromatic rings. The van der Waals surface area contributed by atoms with E-state index in [-0.39, 0.29) is 19.2 Å². The molecule has 2 aromatic carbocycles. The minimum Gasteiger partial charge on any atom is -0.462 e. The highest BCUT2D eigenvalue weighted by molar-refractivity contribution is 5.86. The third kappa shape index (κ3) is 14.2. The quantitative estimate of drug-likeness (QED) is 0.0515. The number of esters is 1. The standard InChI is InChI=1S/C42H60O5/c1-7-10-12-16-35-18-20-37(21-19-35)38-22-23-40(36(9-3)30-38)39(29-34(6)15-13-27-47-41(45)33(4)5)17-14-26-46-28-25-42(31-43,32-44)24-11-8-2/h14,17-23,29-30,43-44H,4,6-13,15-16,24-28,31-32H2,1-3,5H3/b17-14-,39-29+. The number of aryl methyl sites for hydroxylation is 2. The van der Waals surface area contributed by atoms with Gasteiger partial charge in [-0.1, -0.05) is 126 Å². The van der Waals surface area contributed by atoms with Crippen molar-refractivity contribution < 1.29 is 24.5 Å². The fourth-order valence-electron chi connectivity index (χ4n) is 5.54. The molecule has 0 saturated carbocycles. The summed E-state index contributed by atoms with van der Waals surface area (Å²) in [7, 11) is 0. The van der Waals surface area contributed by atoms with Gasteiger partial charge in [0.15, 0.2) is 0 Å². The van der Waals surface area contributed by atoms with Crippen LogP contribution in [0.4, 0.5) is 0 Å². The Morgan fingerprint density at radius 3 is 2.21 bits per heavy atom. The largest absolute Gasteiger partial charge is 0.462 e. The summed E-state index contributed by atoms with van der Waals surface area (Å²) in [5, 5.41) is 19.9. The maximum atomic E-state index is 11.7. The molecule has 0 aliphatic rings. The molecule has 5 nitrogen and oxygen atoms in total. The maximum Gasteiger partial charge on any atom is 0.333 e. The number of allylic oxidation sites excluding steroid dienone is 4. The van der Waals surface area contributed by atoms with Crippen molar-refractivity contribution in [2.45, 2.75) is 98.3 Å². The second-order valence-electron chi connectivity index (χ2n) is 12.8. The fraction of sp³-hybridized carbons (Fsp3) is 0.500. The molecule has 258 valence electrons. The van der Waals surface area contributed by atoms with Crippen LogP contribution < -0.4 is 0 Å². The number of aliphatic hydroxyl groups excluding tert-OH is 2. The first-order valence-electron chi connectivity index (χ1n) is 17.6. The number of aliphatic hydroxyl groups is 2. The molecule has 0 saturated heterocycles. The minimum absolute atomic E-state index is 0.0387. The predicted octanol–water partition coefficient (Wildman–Crippen LogP) is 9.61. The van der Waals surface area contributed by atoms with E-state index in [4.69, 9.17) is 9.47 Å². The van der Waals surface area contributed by atoms with Crippen LogP contribution in [-0.4, -0.2) is 49.2 Å². The highest BCUT2D eigenvalue weighted by atomic mass is 16.5. The Hall–Kier alpha value is -3.25. The highest BCUT2D eigenvalue weighted by Gasteiger charge is 2.27. The van der Waals surface area contributed by atoms with Crippen molar-refractivity contribution in [2.75, 3.05) is 33.0 Å². The lowest BCUT2D eigenvalue weighted by Gasteiger charge is -2.29. The van der Waals surface area contributed by atoms with Crippen LogP contribution in [-0.2, 0) is 27.1 Å². The van der Waals surface area contributed by atoms with Crippen molar-refractivity contribution in [2.24, 2.45) is 5.41 Å². The number of rotatable bonds is 24. The van der Waals surface area contributed by atoms with Crippen LogP contribution in [0.1, 0.15) is 102 Å². The van der Waals surface area contributed by atoms with Gasteiger partial charge in [0.25, 0.3) is 0 Å². The van der Waals surface area contributed by atoms with Crippen molar-refractivity contribution >= 4 is 11.5 Å². The summed E-state index contributed by atoms with van der Waals surface area (Å²) in [6.45, 7) is 17.3. The summed E-state index contributed by atoms with van der Waals surface area (Å²) in [4.78, 5) is 11.7. The molecular weight excluding hydrogens is 584 g/mol. The smallest absolute Gasteiger partial charge is 0.333 e. The summed E-state index contributed by atoms with van der Waals surface area (Å²) in [5.74, 6) is -0.367. The van der Waals surface area contributed by atoms with Crippen LogP contribution in [0.5, 0.6) is 0 Å². The summed E-state index contributed by atoms with van der Waals surface area (Å²) in [5.41, 5.74) is 8.12. The van der Waals surface area contributed by atoms with Gasteiger partial charge in [0.05, 0.1) is 26.4 Å². The summed E-state index contributed by atoms with van der Waals surface area (Å²) < 4.78 is 11.2. The third-order valence-electron chi connectivity index (χ3n) is 8.76. The van der Waals surface area contributed by atoms with E-state index in [1.54, 1.807) is 6.92 Å². The van der Waals surface area contributed by atoms with Crippen molar-refractivity contribution in [3.05, 3.63) is 102 Å². The summed E-state index contributed by atoms with van der Waals surface area (Å²) in [6, 6.07) is 15.7. The Morgan fingerprint density at radius 1 is 0.872 bits per heavy atom. The monoisotopic (exact) mass is 644 g/mol. The average molecular weight is 645 g/mol. The third-order valence-corrected chi connectivity index (χ3v) is 8.76. The molecule has 0 aliphatic heterocycles. The second-order valence-corrected chi connectivity index (χ2v) is 12.8. The molecule has 0 bridgehead atoms. The van der Waals surface area contributed by atoms with Crippen LogP contribution in [0.2, 0.25) is 0 Å². The number of unbranched alkanes of at least 4 members (excludes halogenated alkanes) is 3. The molecule has 0 aliphatic carbocycles. The molecule has 0 heterocycles. The molecule has 0 radical (unpaired) electrons. The molecule has 0 aromatic heterocycles. The first kappa shape index (κ1) is 39.9. The lowest BCUT2D eigenvalue weighted by Crippen LogP contribution is -2.31. The minimum atomic E-state index is -0.492. The Kier molecular flexibility index (Phi) is 19.0. The molecule has 0 fully saturated rings. The van der Waals surface area contributed by atoms with Gasteiger partial charge in [0.1, 0.15) is 0 Å². The molecule has 47 heavy (non-hydrogen) atoms. The Balaban J connectivity index is 2.22. The van der Waals surface area contributed by atoms with Gasteiger partial charge >= 0.3 is 5.97 Å². The lowest BCUT2D eigenvalue weighted by molar-refractivity contribution is -0.139. The Morgan fingerprint density at radius 2 is 1.57 bits per heavy atom. The van der Waals surface area contributed by atoms with Crippen molar-refractivity contribution in [3.63, 3.8) is 0 Å². The van der Waals surface area contributed by atoms with Gasteiger partial charge in [0.2, 0.25) is 0 Å². The Labute approximate surface area is 285 Å². The van der Waals surface area contributed by atoms with Crippen molar-refractivity contribution in [1.82, 2.24) is 0 Å². The van der Waals surface area contributed by atoms with Crippen LogP contribution >= 0.6 is 0 Å². The molecule has 0 amide bonds. The SMILES string of the molecule is C=C(/C=C(\C=C/COCCC(CO)(CO)CCCC)c1ccc(-c2ccc(CCCCC)cc2)cc1CC)CCCOC(=O)C(=C)C. The number of hydrogen-bond acceptors (Lipinski definition) is 5. The second kappa shape index (κ2) is 22.3. The molecule has 0 unspecified atom stereocenters. The fourth-order valence-corrected chi connectivity index (χ4v) is 5.54. The van der Waals surface area contributed by atoms with Crippen LogP contribution in [0, 0.1) is 5.41 Å². The van der Waals surface area contributed by atoms with Gasteiger partial charge < -0.3 is 19.7 Å². The maximum absolute atomic E-state index is 11.7. The van der Waals surface area contributed by atoms with E-state index < -0.39 is 5.41 Å². The number of carbonyl (C=O) groups is 1. The molecule has 0 spiro atoms. The van der Waals surface area contributed by atoms with Gasteiger partial charge in [-0.2, -0.15) is 0 Å².